The van der Waals surface area contributed by atoms with Crippen LogP contribution in [-0.4, -0.2) is 23.2 Å². The molecule has 0 fully saturated rings. The molecule has 2 aromatic rings. The molecule has 0 aliphatic carbocycles. The Bertz CT molecular complexity index is 721. The number of hydrogen-bond acceptors (Lipinski definition) is 4. The Hall–Kier alpha value is -2.10. The van der Waals surface area contributed by atoms with Crippen molar-refractivity contribution >= 4 is 0 Å². The summed E-state index contributed by atoms with van der Waals surface area (Å²) in [6.45, 7) is 8.20. The van der Waals surface area contributed by atoms with Crippen LogP contribution in [0, 0.1) is 5.92 Å². The fourth-order valence-electron chi connectivity index (χ4n) is 3.71. The number of benzene rings is 1. The monoisotopic (exact) mass is 440 g/mol. The minimum atomic E-state index is 0.439. The van der Waals surface area contributed by atoms with Crippen LogP contribution in [0.15, 0.2) is 36.5 Å². The number of aromatic nitrogens is 2. The van der Waals surface area contributed by atoms with Crippen LogP contribution in [0.4, 0.5) is 0 Å². The smallest absolute Gasteiger partial charge is 0.317 e. The fraction of sp³-hybridized carbons (Fsp3) is 0.643. The van der Waals surface area contributed by atoms with Crippen LogP contribution in [0.25, 0.3) is 11.3 Å². The zero-order valence-corrected chi connectivity index (χ0v) is 20.7. The third-order valence-corrected chi connectivity index (χ3v) is 6.06. The van der Waals surface area contributed by atoms with Crippen molar-refractivity contribution in [2.24, 2.45) is 5.92 Å². The lowest BCUT2D eigenvalue weighted by molar-refractivity contribution is 0.274. The van der Waals surface area contributed by atoms with Gasteiger partial charge >= 0.3 is 6.01 Å². The molecule has 1 aromatic carbocycles. The molecule has 0 saturated heterocycles. The van der Waals surface area contributed by atoms with Gasteiger partial charge in [0.15, 0.2) is 5.75 Å². The van der Waals surface area contributed by atoms with Gasteiger partial charge in [0, 0.05) is 5.56 Å². The summed E-state index contributed by atoms with van der Waals surface area (Å²) in [6, 6.07) is 10.6. The van der Waals surface area contributed by atoms with Crippen molar-refractivity contribution in [1.29, 1.82) is 0 Å². The summed E-state index contributed by atoms with van der Waals surface area (Å²) in [5.74, 6) is 1.56. The second-order valence-corrected chi connectivity index (χ2v) is 8.91. The van der Waals surface area contributed by atoms with Crippen LogP contribution in [0.3, 0.4) is 0 Å². The van der Waals surface area contributed by atoms with Gasteiger partial charge in [0.05, 0.1) is 19.4 Å². The largest absolute Gasteiger partial charge is 0.490 e. The number of nitrogens with zero attached hydrogens (tertiary/aromatic N) is 2. The third-order valence-electron chi connectivity index (χ3n) is 6.06. The van der Waals surface area contributed by atoms with Crippen molar-refractivity contribution < 1.29 is 9.47 Å². The molecule has 1 heterocycles. The Labute approximate surface area is 196 Å². The van der Waals surface area contributed by atoms with E-state index in [2.05, 4.69) is 37.9 Å². The van der Waals surface area contributed by atoms with Crippen LogP contribution in [-0.2, 0) is 0 Å². The number of rotatable bonds is 18. The molecular formula is C28H44N2O2. The summed E-state index contributed by atoms with van der Waals surface area (Å²) in [7, 11) is 0. The van der Waals surface area contributed by atoms with E-state index >= 15 is 0 Å². The Morgan fingerprint density at radius 3 is 2.16 bits per heavy atom. The highest BCUT2D eigenvalue weighted by Gasteiger charge is 2.12. The second kappa shape index (κ2) is 16.5. The zero-order valence-electron chi connectivity index (χ0n) is 20.7. The van der Waals surface area contributed by atoms with Gasteiger partial charge in [-0.25, -0.2) is 0 Å². The molecule has 0 aliphatic heterocycles. The maximum Gasteiger partial charge on any atom is 0.317 e. The molecular weight excluding hydrogens is 396 g/mol. The molecule has 1 unspecified atom stereocenters. The Balaban J connectivity index is 1.83. The normalized spacial score (nSPS) is 12.0. The van der Waals surface area contributed by atoms with Gasteiger partial charge in [-0.1, -0.05) is 115 Å². The van der Waals surface area contributed by atoms with Crippen LogP contribution < -0.4 is 9.47 Å². The van der Waals surface area contributed by atoms with Gasteiger partial charge in [-0.2, -0.15) is 9.97 Å². The summed E-state index contributed by atoms with van der Waals surface area (Å²) >= 11 is 0. The summed E-state index contributed by atoms with van der Waals surface area (Å²) in [5, 5.41) is 0. The highest BCUT2D eigenvalue weighted by Crippen LogP contribution is 2.29. The van der Waals surface area contributed by atoms with E-state index in [1.807, 2.05) is 18.2 Å². The number of ether oxygens (including phenoxy) is 2. The van der Waals surface area contributed by atoms with E-state index in [0.29, 0.717) is 19.2 Å². The van der Waals surface area contributed by atoms with Crippen molar-refractivity contribution in [3.63, 3.8) is 0 Å². The summed E-state index contributed by atoms with van der Waals surface area (Å²) in [5.41, 5.74) is 1.85. The van der Waals surface area contributed by atoms with Crippen LogP contribution in [0.1, 0.15) is 97.8 Å². The standard InChI is InChI=1S/C28H44N2O2/c1-4-6-7-8-9-10-16-21-31-26-23-29-28(30-27(26)25-19-14-11-15-20-25)32-22-17-12-13-18-24(3)5-2/h11,14-15,19-20,23-24H,4-10,12-13,16-18,21-22H2,1-3H3. The Morgan fingerprint density at radius 2 is 1.44 bits per heavy atom. The van der Waals surface area contributed by atoms with Crippen molar-refractivity contribution in [3.8, 4) is 23.0 Å². The quantitative estimate of drug-likeness (QED) is 0.219. The molecule has 0 spiro atoms. The molecule has 1 atom stereocenters. The Morgan fingerprint density at radius 1 is 0.781 bits per heavy atom. The molecule has 4 nitrogen and oxygen atoms in total. The molecule has 2 rings (SSSR count). The van der Waals surface area contributed by atoms with Crippen LogP contribution in [0.2, 0.25) is 0 Å². The van der Waals surface area contributed by atoms with Gasteiger partial charge in [-0.15, -0.1) is 0 Å². The lowest BCUT2D eigenvalue weighted by Crippen LogP contribution is -2.05. The average molecular weight is 441 g/mol. The molecule has 1 aromatic heterocycles. The van der Waals surface area contributed by atoms with Crippen LogP contribution >= 0.6 is 0 Å². The zero-order chi connectivity index (χ0) is 22.9. The first kappa shape index (κ1) is 26.2. The van der Waals surface area contributed by atoms with Gasteiger partial charge in [0.1, 0.15) is 5.69 Å². The van der Waals surface area contributed by atoms with Crippen molar-refractivity contribution in [2.45, 2.75) is 97.8 Å². The minimum absolute atomic E-state index is 0.439. The summed E-state index contributed by atoms with van der Waals surface area (Å²) in [4.78, 5) is 9.11. The van der Waals surface area contributed by atoms with E-state index in [0.717, 1.165) is 35.8 Å². The first-order valence-corrected chi connectivity index (χ1v) is 12.9. The molecule has 0 bridgehead atoms. The predicted octanol–water partition coefficient (Wildman–Crippen LogP) is 8.26. The van der Waals surface area contributed by atoms with E-state index in [-0.39, 0.29) is 0 Å². The lowest BCUT2D eigenvalue weighted by Gasteiger charge is -2.12. The van der Waals surface area contributed by atoms with E-state index in [9.17, 15) is 0 Å². The molecule has 0 saturated carbocycles. The third kappa shape index (κ3) is 10.5. The first-order chi connectivity index (χ1) is 15.7. The van der Waals surface area contributed by atoms with E-state index < -0.39 is 0 Å². The van der Waals surface area contributed by atoms with Gasteiger partial charge in [0.25, 0.3) is 0 Å². The SMILES string of the molecule is CCCCCCCCCOc1cnc(OCCCCCC(C)CC)nc1-c1ccccc1. The van der Waals surface area contributed by atoms with Gasteiger partial charge in [-0.05, 0) is 18.8 Å². The van der Waals surface area contributed by atoms with Crippen LogP contribution in [0.5, 0.6) is 11.8 Å². The maximum absolute atomic E-state index is 6.08. The summed E-state index contributed by atoms with van der Waals surface area (Å²) < 4.78 is 12.0. The molecule has 178 valence electrons. The van der Waals surface area contributed by atoms with E-state index in [1.54, 1.807) is 6.20 Å². The lowest BCUT2D eigenvalue weighted by atomic mass is 10.0. The van der Waals surface area contributed by atoms with Crippen molar-refractivity contribution in [3.05, 3.63) is 36.5 Å². The van der Waals surface area contributed by atoms with Gasteiger partial charge < -0.3 is 9.47 Å². The molecule has 4 heteroatoms. The van der Waals surface area contributed by atoms with Crippen molar-refractivity contribution in [2.75, 3.05) is 13.2 Å². The molecule has 0 aliphatic rings. The first-order valence-electron chi connectivity index (χ1n) is 12.9. The average Bonchev–Trinajstić information content (AvgIpc) is 2.83. The highest BCUT2D eigenvalue weighted by molar-refractivity contribution is 5.65. The molecule has 32 heavy (non-hydrogen) atoms. The number of hydrogen-bond donors (Lipinski definition) is 0. The minimum Gasteiger partial charge on any atom is -0.490 e. The fourth-order valence-corrected chi connectivity index (χ4v) is 3.71. The molecule has 0 amide bonds. The van der Waals surface area contributed by atoms with E-state index in [4.69, 9.17) is 14.5 Å². The maximum atomic E-state index is 6.08. The molecule has 0 N–H and O–H groups in total. The predicted molar refractivity (Wildman–Crippen MR) is 134 cm³/mol. The molecule has 0 radical (unpaired) electrons. The van der Waals surface area contributed by atoms with Gasteiger partial charge in [0.2, 0.25) is 0 Å². The second-order valence-electron chi connectivity index (χ2n) is 8.91. The summed E-state index contributed by atoms with van der Waals surface area (Å²) in [6.07, 6.45) is 16.7. The van der Waals surface area contributed by atoms with E-state index in [1.165, 1.54) is 64.2 Å². The topological polar surface area (TPSA) is 44.2 Å². The Kier molecular flexibility index (Phi) is 13.5. The number of unbranched alkanes of at least 4 members (excludes halogenated alkanes) is 8. The van der Waals surface area contributed by atoms with Crippen molar-refractivity contribution in [1.82, 2.24) is 9.97 Å². The highest BCUT2D eigenvalue weighted by atomic mass is 16.5. The van der Waals surface area contributed by atoms with Gasteiger partial charge in [-0.3, -0.25) is 0 Å².